The van der Waals surface area contributed by atoms with Crippen molar-refractivity contribution in [3.63, 3.8) is 0 Å². The van der Waals surface area contributed by atoms with Gasteiger partial charge < -0.3 is 5.32 Å². The number of hydrogen-bond acceptors (Lipinski definition) is 2. The molecule has 0 unspecified atom stereocenters. The van der Waals surface area contributed by atoms with Gasteiger partial charge in [0, 0.05) is 11.5 Å². The van der Waals surface area contributed by atoms with Crippen molar-refractivity contribution in [3.05, 3.63) is 35.4 Å². The Hall–Kier alpha value is -1.15. The number of hydrogen-bond donors (Lipinski definition) is 1. The summed E-state index contributed by atoms with van der Waals surface area (Å²) >= 11 is 0. The third-order valence-electron chi connectivity index (χ3n) is 3.46. The van der Waals surface area contributed by atoms with Gasteiger partial charge in [-0.3, -0.25) is 4.79 Å². The van der Waals surface area contributed by atoms with E-state index in [0.717, 1.165) is 44.3 Å². The van der Waals surface area contributed by atoms with Gasteiger partial charge in [0.2, 0.25) is 0 Å². The Morgan fingerprint density at radius 2 is 2.12 bits per heavy atom. The molecule has 1 heterocycles. The molecule has 0 bridgehead atoms. The summed E-state index contributed by atoms with van der Waals surface area (Å²) in [6, 6.07) is 8.17. The first-order chi connectivity index (χ1) is 8.31. The molecule has 0 aliphatic carbocycles. The molecule has 0 amide bonds. The summed E-state index contributed by atoms with van der Waals surface area (Å²) in [6.45, 7) is 4.12. The monoisotopic (exact) mass is 231 g/mol. The number of nitrogens with one attached hydrogen (secondary N) is 1. The van der Waals surface area contributed by atoms with Crippen LogP contribution in [0, 0.1) is 5.92 Å². The molecule has 1 aromatic rings. The van der Waals surface area contributed by atoms with Crippen molar-refractivity contribution in [2.75, 3.05) is 13.1 Å². The number of carbonyl (C=O) groups excluding carboxylic acids is 1. The standard InChI is InChI=1S/C15H21NO/c1-2-4-12-5-3-6-14(11-12)15(17)13-7-9-16-10-8-13/h3,5-6,11,13,16H,2,4,7-10H2,1H3. The predicted molar refractivity (Wildman–Crippen MR) is 70.4 cm³/mol. The van der Waals surface area contributed by atoms with E-state index in [1.165, 1.54) is 5.56 Å². The summed E-state index contributed by atoms with van der Waals surface area (Å²) in [5.74, 6) is 0.567. The van der Waals surface area contributed by atoms with Crippen molar-refractivity contribution in [2.24, 2.45) is 5.92 Å². The zero-order valence-electron chi connectivity index (χ0n) is 10.5. The Balaban J connectivity index is 2.09. The average molecular weight is 231 g/mol. The Morgan fingerprint density at radius 1 is 1.35 bits per heavy atom. The molecule has 1 aromatic carbocycles. The molecule has 1 aliphatic heterocycles. The maximum Gasteiger partial charge on any atom is 0.166 e. The fourth-order valence-electron chi connectivity index (χ4n) is 2.49. The highest BCUT2D eigenvalue weighted by atomic mass is 16.1. The quantitative estimate of drug-likeness (QED) is 0.807. The summed E-state index contributed by atoms with van der Waals surface area (Å²) < 4.78 is 0. The molecule has 17 heavy (non-hydrogen) atoms. The van der Waals surface area contributed by atoms with Crippen molar-refractivity contribution in [1.82, 2.24) is 5.32 Å². The van der Waals surface area contributed by atoms with E-state index in [4.69, 9.17) is 0 Å². The summed E-state index contributed by atoms with van der Waals surface area (Å²) in [4.78, 5) is 12.3. The van der Waals surface area contributed by atoms with Gasteiger partial charge in [-0.25, -0.2) is 0 Å². The second-order valence-electron chi connectivity index (χ2n) is 4.84. The van der Waals surface area contributed by atoms with E-state index in [1.807, 2.05) is 12.1 Å². The van der Waals surface area contributed by atoms with E-state index in [2.05, 4.69) is 24.4 Å². The van der Waals surface area contributed by atoms with Gasteiger partial charge >= 0.3 is 0 Å². The highest BCUT2D eigenvalue weighted by Gasteiger charge is 2.21. The van der Waals surface area contributed by atoms with Crippen LogP contribution in [-0.2, 0) is 6.42 Å². The molecule has 0 atom stereocenters. The molecule has 1 aliphatic rings. The van der Waals surface area contributed by atoms with Crippen LogP contribution in [0.5, 0.6) is 0 Å². The minimum absolute atomic E-state index is 0.230. The van der Waals surface area contributed by atoms with Crippen LogP contribution in [0.3, 0.4) is 0 Å². The number of benzene rings is 1. The number of carbonyl (C=O) groups is 1. The first-order valence-corrected chi connectivity index (χ1v) is 6.65. The third-order valence-corrected chi connectivity index (χ3v) is 3.46. The first-order valence-electron chi connectivity index (χ1n) is 6.65. The first kappa shape index (κ1) is 12.3. The van der Waals surface area contributed by atoms with Crippen LogP contribution in [0.25, 0.3) is 0 Å². The SMILES string of the molecule is CCCc1cccc(C(=O)C2CCNCC2)c1. The minimum atomic E-state index is 0.230. The molecule has 2 rings (SSSR count). The Bertz CT molecular complexity index is 380. The Kier molecular flexibility index (Phi) is 4.32. The lowest BCUT2D eigenvalue weighted by molar-refractivity contribution is 0.0895. The average Bonchev–Trinajstić information content (AvgIpc) is 2.40. The fraction of sp³-hybridized carbons (Fsp3) is 0.533. The van der Waals surface area contributed by atoms with Gasteiger partial charge in [-0.15, -0.1) is 0 Å². The number of aryl methyl sites for hydroxylation is 1. The van der Waals surface area contributed by atoms with Crippen LogP contribution >= 0.6 is 0 Å². The van der Waals surface area contributed by atoms with E-state index in [-0.39, 0.29) is 5.92 Å². The lowest BCUT2D eigenvalue weighted by atomic mass is 9.89. The molecular formula is C15H21NO. The van der Waals surface area contributed by atoms with Gasteiger partial charge in [0.15, 0.2) is 5.78 Å². The molecule has 2 heteroatoms. The van der Waals surface area contributed by atoms with Gasteiger partial charge in [-0.1, -0.05) is 31.5 Å². The lowest BCUT2D eigenvalue weighted by Crippen LogP contribution is -2.31. The van der Waals surface area contributed by atoms with Crippen molar-refractivity contribution in [2.45, 2.75) is 32.6 Å². The van der Waals surface area contributed by atoms with Crippen molar-refractivity contribution in [1.29, 1.82) is 0 Å². The zero-order chi connectivity index (χ0) is 12.1. The van der Waals surface area contributed by atoms with E-state index in [9.17, 15) is 4.79 Å². The van der Waals surface area contributed by atoms with Gasteiger partial charge in [-0.2, -0.15) is 0 Å². The van der Waals surface area contributed by atoms with Crippen molar-refractivity contribution in [3.8, 4) is 0 Å². The number of rotatable bonds is 4. The Morgan fingerprint density at radius 3 is 2.82 bits per heavy atom. The second kappa shape index (κ2) is 5.97. The van der Waals surface area contributed by atoms with E-state index in [0.29, 0.717) is 5.78 Å². The maximum absolute atomic E-state index is 12.3. The van der Waals surface area contributed by atoms with Crippen molar-refractivity contribution >= 4 is 5.78 Å². The largest absolute Gasteiger partial charge is 0.317 e. The molecule has 92 valence electrons. The second-order valence-corrected chi connectivity index (χ2v) is 4.84. The van der Waals surface area contributed by atoms with E-state index >= 15 is 0 Å². The minimum Gasteiger partial charge on any atom is -0.317 e. The molecule has 0 saturated carbocycles. The van der Waals surface area contributed by atoms with Gasteiger partial charge in [0.25, 0.3) is 0 Å². The van der Waals surface area contributed by atoms with E-state index < -0.39 is 0 Å². The summed E-state index contributed by atoms with van der Waals surface area (Å²) in [6.07, 6.45) is 4.16. The van der Waals surface area contributed by atoms with Crippen LogP contribution in [0.2, 0.25) is 0 Å². The smallest absolute Gasteiger partial charge is 0.166 e. The molecule has 1 fully saturated rings. The lowest BCUT2D eigenvalue weighted by Gasteiger charge is -2.21. The number of piperidine rings is 1. The van der Waals surface area contributed by atoms with Crippen LogP contribution in [0.1, 0.15) is 42.1 Å². The highest BCUT2D eigenvalue weighted by Crippen LogP contribution is 2.19. The molecular weight excluding hydrogens is 210 g/mol. The topological polar surface area (TPSA) is 29.1 Å². The molecule has 0 spiro atoms. The zero-order valence-corrected chi connectivity index (χ0v) is 10.5. The summed E-state index contributed by atoms with van der Waals surface area (Å²) in [5, 5.41) is 3.30. The van der Waals surface area contributed by atoms with Gasteiger partial charge in [0.1, 0.15) is 0 Å². The van der Waals surface area contributed by atoms with E-state index in [1.54, 1.807) is 0 Å². The molecule has 0 radical (unpaired) electrons. The van der Waals surface area contributed by atoms with Crippen LogP contribution in [0.15, 0.2) is 24.3 Å². The van der Waals surface area contributed by atoms with Gasteiger partial charge in [-0.05, 0) is 44.0 Å². The molecule has 0 aromatic heterocycles. The van der Waals surface area contributed by atoms with Crippen LogP contribution in [0.4, 0.5) is 0 Å². The molecule has 1 saturated heterocycles. The van der Waals surface area contributed by atoms with Crippen LogP contribution < -0.4 is 5.32 Å². The molecule has 2 nitrogen and oxygen atoms in total. The van der Waals surface area contributed by atoms with Gasteiger partial charge in [0.05, 0.1) is 0 Å². The maximum atomic E-state index is 12.3. The third kappa shape index (κ3) is 3.16. The number of ketones is 1. The normalized spacial score (nSPS) is 17.0. The summed E-state index contributed by atoms with van der Waals surface area (Å²) in [7, 11) is 0. The van der Waals surface area contributed by atoms with Crippen LogP contribution in [-0.4, -0.2) is 18.9 Å². The highest BCUT2D eigenvalue weighted by molar-refractivity contribution is 5.98. The fourth-order valence-corrected chi connectivity index (χ4v) is 2.49. The van der Waals surface area contributed by atoms with Crippen molar-refractivity contribution < 1.29 is 4.79 Å². The Labute approximate surface area is 103 Å². The molecule has 1 N–H and O–H groups in total. The summed E-state index contributed by atoms with van der Waals surface area (Å²) in [5.41, 5.74) is 2.19. The predicted octanol–water partition coefficient (Wildman–Crippen LogP) is 2.82. The number of Topliss-reactive ketones (excluding diaryl/α,β-unsaturated/α-hetero) is 1.